The normalized spacial score (nSPS) is 11.4. The highest BCUT2D eigenvalue weighted by atomic mass is 35.5. The van der Waals surface area contributed by atoms with Crippen molar-refractivity contribution in [1.82, 2.24) is 4.90 Å². The highest BCUT2D eigenvalue weighted by molar-refractivity contribution is 6.33. The van der Waals surface area contributed by atoms with E-state index in [1.165, 1.54) is 0 Å². The van der Waals surface area contributed by atoms with Crippen molar-refractivity contribution in [2.75, 3.05) is 13.1 Å². The van der Waals surface area contributed by atoms with Gasteiger partial charge < -0.3 is 5.73 Å². The summed E-state index contributed by atoms with van der Waals surface area (Å²) in [6, 6.07) is 5.99. The van der Waals surface area contributed by atoms with Crippen LogP contribution < -0.4 is 5.73 Å². The monoisotopic (exact) mass is 260 g/mol. The van der Waals surface area contributed by atoms with Gasteiger partial charge in [-0.1, -0.05) is 23.2 Å². The number of hydrogen-bond acceptors (Lipinski definition) is 2. The zero-order chi connectivity index (χ0) is 12.1. The molecule has 90 valence electrons. The molecule has 0 spiro atoms. The van der Waals surface area contributed by atoms with Crippen LogP contribution in [0.2, 0.25) is 10.0 Å². The number of halogens is 2. The summed E-state index contributed by atoms with van der Waals surface area (Å²) < 4.78 is 0. The van der Waals surface area contributed by atoms with Crippen LogP contribution in [0.15, 0.2) is 18.2 Å². The van der Waals surface area contributed by atoms with Crippen molar-refractivity contribution in [3.63, 3.8) is 0 Å². The molecule has 0 saturated heterocycles. The third-order valence-electron chi connectivity index (χ3n) is 2.53. The summed E-state index contributed by atoms with van der Waals surface area (Å²) in [5.74, 6) is 0. The van der Waals surface area contributed by atoms with Crippen molar-refractivity contribution in [3.05, 3.63) is 33.8 Å². The molecule has 0 bridgehead atoms. The summed E-state index contributed by atoms with van der Waals surface area (Å²) in [6.45, 7) is 6.59. The predicted molar refractivity (Wildman–Crippen MR) is 71.1 cm³/mol. The average molecular weight is 261 g/mol. The van der Waals surface area contributed by atoms with Gasteiger partial charge in [-0.05, 0) is 37.6 Å². The molecule has 0 amide bonds. The first-order valence-corrected chi connectivity index (χ1v) is 6.18. The van der Waals surface area contributed by atoms with E-state index in [1.807, 2.05) is 12.1 Å². The molecule has 1 aromatic rings. The minimum absolute atomic E-state index is 0.443. The van der Waals surface area contributed by atoms with Crippen LogP contribution in [-0.2, 0) is 6.54 Å². The maximum absolute atomic E-state index is 6.13. The van der Waals surface area contributed by atoms with Gasteiger partial charge in [0.1, 0.15) is 0 Å². The molecule has 0 unspecified atom stereocenters. The van der Waals surface area contributed by atoms with E-state index in [0.717, 1.165) is 28.7 Å². The average Bonchev–Trinajstić information content (AvgIpc) is 2.22. The lowest BCUT2D eigenvalue weighted by Gasteiger charge is -2.26. The molecular weight excluding hydrogens is 243 g/mol. The molecule has 2 nitrogen and oxygen atoms in total. The number of hydrogen-bond donors (Lipinski definition) is 1. The zero-order valence-electron chi connectivity index (χ0n) is 9.71. The van der Waals surface area contributed by atoms with Crippen LogP contribution in [-0.4, -0.2) is 24.0 Å². The Labute approximate surface area is 107 Å². The topological polar surface area (TPSA) is 29.3 Å². The smallest absolute Gasteiger partial charge is 0.0452 e. The summed E-state index contributed by atoms with van der Waals surface area (Å²) in [5.41, 5.74) is 6.64. The van der Waals surface area contributed by atoms with Crippen molar-refractivity contribution < 1.29 is 0 Å². The molecule has 0 aromatic heterocycles. The molecule has 0 atom stereocenters. The molecule has 0 aliphatic carbocycles. The summed E-state index contributed by atoms with van der Waals surface area (Å²) in [6.07, 6.45) is 0. The molecule has 0 heterocycles. The van der Waals surface area contributed by atoms with Gasteiger partial charge in [0, 0.05) is 35.7 Å². The lowest BCUT2D eigenvalue weighted by Crippen LogP contribution is -2.34. The van der Waals surface area contributed by atoms with E-state index >= 15 is 0 Å². The van der Waals surface area contributed by atoms with Gasteiger partial charge in [0.2, 0.25) is 0 Å². The van der Waals surface area contributed by atoms with E-state index in [9.17, 15) is 0 Å². The number of nitrogens with two attached hydrogens (primary N) is 1. The molecule has 0 radical (unpaired) electrons. The number of rotatable bonds is 5. The highest BCUT2D eigenvalue weighted by Gasteiger charge is 2.11. The van der Waals surface area contributed by atoms with E-state index < -0.39 is 0 Å². The van der Waals surface area contributed by atoms with E-state index in [0.29, 0.717) is 12.6 Å². The Morgan fingerprint density at radius 3 is 2.56 bits per heavy atom. The Bertz CT molecular complexity index is 340. The minimum atomic E-state index is 0.443. The fraction of sp³-hybridized carbons (Fsp3) is 0.500. The maximum atomic E-state index is 6.13. The molecular formula is C12H18Cl2N2. The van der Waals surface area contributed by atoms with Crippen molar-refractivity contribution >= 4 is 23.2 Å². The van der Waals surface area contributed by atoms with Gasteiger partial charge in [-0.25, -0.2) is 0 Å². The SMILES string of the molecule is CC(C)N(CCN)Cc1cc(Cl)ccc1Cl. The van der Waals surface area contributed by atoms with Crippen molar-refractivity contribution in [3.8, 4) is 0 Å². The van der Waals surface area contributed by atoms with E-state index in [2.05, 4.69) is 18.7 Å². The first-order valence-electron chi connectivity index (χ1n) is 5.42. The van der Waals surface area contributed by atoms with Gasteiger partial charge in [0.15, 0.2) is 0 Å². The molecule has 16 heavy (non-hydrogen) atoms. The maximum Gasteiger partial charge on any atom is 0.0452 e. The fourth-order valence-electron chi connectivity index (χ4n) is 1.57. The summed E-state index contributed by atoms with van der Waals surface area (Å²) in [7, 11) is 0. The minimum Gasteiger partial charge on any atom is -0.329 e. The zero-order valence-corrected chi connectivity index (χ0v) is 11.2. The quantitative estimate of drug-likeness (QED) is 0.882. The predicted octanol–water partition coefficient (Wildman–Crippen LogP) is 3.16. The standard InChI is InChI=1S/C12H18Cl2N2/c1-9(2)16(6-5-15)8-10-7-11(13)3-4-12(10)14/h3-4,7,9H,5-6,8,15H2,1-2H3. The fourth-order valence-corrected chi connectivity index (χ4v) is 1.94. The first-order chi connectivity index (χ1) is 7.54. The van der Waals surface area contributed by atoms with Gasteiger partial charge in [-0.15, -0.1) is 0 Å². The molecule has 0 aliphatic heterocycles. The van der Waals surface area contributed by atoms with Crippen LogP contribution in [0, 0.1) is 0 Å². The summed E-state index contributed by atoms with van der Waals surface area (Å²) >= 11 is 12.1. The number of benzene rings is 1. The molecule has 1 aromatic carbocycles. The van der Waals surface area contributed by atoms with Crippen LogP contribution in [0.25, 0.3) is 0 Å². The summed E-state index contributed by atoms with van der Waals surface area (Å²) in [5, 5.41) is 1.47. The molecule has 2 N–H and O–H groups in total. The molecule has 4 heteroatoms. The lowest BCUT2D eigenvalue weighted by molar-refractivity contribution is 0.219. The van der Waals surface area contributed by atoms with Crippen LogP contribution in [0.4, 0.5) is 0 Å². The molecule has 0 aliphatic rings. The Kier molecular flexibility index (Phi) is 5.56. The Hall–Kier alpha value is -0.280. The second-order valence-corrected chi connectivity index (χ2v) is 4.93. The third kappa shape index (κ3) is 3.95. The van der Waals surface area contributed by atoms with E-state index in [4.69, 9.17) is 28.9 Å². The van der Waals surface area contributed by atoms with Gasteiger partial charge in [0.05, 0.1) is 0 Å². The largest absolute Gasteiger partial charge is 0.329 e. The van der Waals surface area contributed by atoms with Crippen LogP contribution in [0.5, 0.6) is 0 Å². The molecule has 0 fully saturated rings. The van der Waals surface area contributed by atoms with Gasteiger partial charge in [0.25, 0.3) is 0 Å². The Morgan fingerprint density at radius 1 is 1.31 bits per heavy atom. The second-order valence-electron chi connectivity index (χ2n) is 4.09. The first kappa shape index (κ1) is 13.8. The van der Waals surface area contributed by atoms with Gasteiger partial charge >= 0.3 is 0 Å². The highest BCUT2D eigenvalue weighted by Crippen LogP contribution is 2.22. The van der Waals surface area contributed by atoms with Crippen LogP contribution in [0.1, 0.15) is 19.4 Å². The van der Waals surface area contributed by atoms with Crippen LogP contribution in [0.3, 0.4) is 0 Å². The van der Waals surface area contributed by atoms with Crippen molar-refractivity contribution in [2.24, 2.45) is 5.73 Å². The van der Waals surface area contributed by atoms with Crippen molar-refractivity contribution in [2.45, 2.75) is 26.4 Å². The third-order valence-corrected chi connectivity index (χ3v) is 3.13. The Morgan fingerprint density at radius 2 is 2.00 bits per heavy atom. The van der Waals surface area contributed by atoms with E-state index in [1.54, 1.807) is 6.07 Å². The summed E-state index contributed by atoms with van der Waals surface area (Å²) in [4.78, 5) is 2.28. The number of nitrogens with zero attached hydrogens (tertiary/aromatic N) is 1. The molecule has 1 rings (SSSR count). The van der Waals surface area contributed by atoms with Gasteiger partial charge in [-0.2, -0.15) is 0 Å². The Balaban J connectivity index is 2.80. The van der Waals surface area contributed by atoms with Gasteiger partial charge in [-0.3, -0.25) is 4.90 Å². The van der Waals surface area contributed by atoms with Crippen LogP contribution >= 0.6 is 23.2 Å². The van der Waals surface area contributed by atoms with E-state index in [-0.39, 0.29) is 0 Å². The van der Waals surface area contributed by atoms with Crippen molar-refractivity contribution in [1.29, 1.82) is 0 Å². The molecule has 0 saturated carbocycles. The second kappa shape index (κ2) is 6.45. The lowest BCUT2D eigenvalue weighted by atomic mass is 10.2.